The number of nitrogens with zero attached hydrogens (tertiary/aromatic N) is 4. The predicted molar refractivity (Wildman–Crippen MR) is 114 cm³/mol. The number of anilines is 2. The lowest BCUT2D eigenvalue weighted by Gasteiger charge is -2.41. The number of aliphatic hydroxyl groups excluding tert-OH is 1. The van der Waals surface area contributed by atoms with Gasteiger partial charge in [0.25, 0.3) is 0 Å². The molecule has 1 saturated heterocycles. The molecule has 5 rings (SSSR count). The Morgan fingerprint density at radius 1 is 1.14 bits per heavy atom. The fourth-order valence-electron chi connectivity index (χ4n) is 4.42. The minimum Gasteiger partial charge on any atom is -0.394 e. The van der Waals surface area contributed by atoms with E-state index in [0.29, 0.717) is 28.7 Å². The minimum atomic E-state index is -1.09. The van der Waals surface area contributed by atoms with Gasteiger partial charge in [0.1, 0.15) is 16.5 Å². The summed E-state index contributed by atoms with van der Waals surface area (Å²) >= 11 is 0. The number of hydrogen-bond donors (Lipinski definition) is 2. The molecule has 1 saturated carbocycles. The second kappa shape index (κ2) is 7.65. The van der Waals surface area contributed by atoms with Gasteiger partial charge in [-0.2, -0.15) is 0 Å². The molecule has 3 aliphatic rings. The first kappa shape index (κ1) is 18.9. The van der Waals surface area contributed by atoms with Crippen LogP contribution in [0.3, 0.4) is 0 Å². The average molecular weight is 414 g/mol. The molecule has 2 fully saturated rings. The maximum Gasteiger partial charge on any atom is 0.163 e. The van der Waals surface area contributed by atoms with Gasteiger partial charge in [-0.05, 0) is 50.7 Å². The van der Waals surface area contributed by atoms with Crippen molar-refractivity contribution in [2.45, 2.75) is 55.4 Å². The van der Waals surface area contributed by atoms with E-state index in [1.54, 1.807) is 0 Å². The summed E-state index contributed by atoms with van der Waals surface area (Å²) < 4.78 is 12.5. The predicted octanol–water partition coefficient (Wildman–Crippen LogP) is 2.52. The Balaban J connectivity index is 1.47. The average Bonchev–Trinajstić information content (AvgIpc) is 3.12. The molecule has 0 bridgehead atoms. The molecule has 0 spiro atoms. The maximum atomic E-state index is 12.5. The highest BCUT2D eigenvalue weighted by atomic mass is 32.2. The first-order valence-corrected chi connectivity index (χ1v) is 11.9. The van der Waals surface area contributed by atoms with Crippen molar-refractivity contribution in [2.75, 3.05) is 35.7 Å². The summed E-state index contributed by atoms with van der Waals surface area (Å²) in [6.45, 7) is 2.18. The van der Waals surface area contributed by atoms with E-state index < -0.39 is 10.8 Å². The Labute approximate surface area is 173 Å². The zero-order chi connectivity index (χ0) is 19.8. The molecule has 29 heavy (non-hydrogen) atoms. The number of pyridine rings is 1. The molecule has 154 valence electrons. The van der Waals surface area contributed by atoms with Gasteiger partial charge in [0.15, 0.2) is 5.82 Å². The Morgan fingerprint density at radius 3 is 2.62 bits per heavy atom. The molecule has 1 atom stereocenters. The van der Waals surface area contributed by atoms with Gasteiger partial charge in [0.2, 0.25) is 0 Å². The first-order valence-electron chi connectivity index (χ1n) is 10.6. The van der Waals surface area contributed by atoms with Gasteiger partial charge in [0.05, 0.1) is 28.6 Å². The van der Waals surface area contributed by atoms with Crippen molar-refractivity contribution >= 4 is 22.4 Å². The molecule has 2 aliphatic heterocycles. The van der Waals surface area contributed by atoms with E-state index in [0.717, 1.165) is 49.4 Å². The van der Waals surface area contributed by atoms with Crippen LogP contribution in [0.2, 0.25) is 0 Å². The van der Waals surface area contributed by atoms with Crippen LogP contribution < -0.4 is 10.2 Å². The van der Waals surface area contributed by atoms with Crippen LogP contribution in [-0.2, 0) is 17.2 Å². The molecule has 2 aromatic rings. The van der Waals surface area contributed by atoms with Crippen molar-refractivity contribution in [2.24, 2.45) is 0 Å². The number of aryl methyl sites for hydroxylation is 1. The van der Waals surface area contributed by atoms with E-state index >= 15 is 0 Å². The highest BCUT2D eigenvalue weighted by Crippen LogP contribution is 2.38. The molecule has 0 radical (unpaired) electrons. The van der Waals surface area contributed by atoms with Crippen LogP contribution in [0.1, 0.15) is 44.2 Å². The van der Waals surface area contributed by atoms with Crippen molar-refractivity contribution < 1.29 is 9.32 Å². The molecule has 7 nitrogen and oxygen atoms in total. The van der Waals surface area contributed by atoms with Gasteiger partial charge in [-0.25, -0.2) is 15.0 Å². The Morgan fingerprint density at radius 2 is 1.97 bits per heavy atom. The van der Waals surface area contributed by atoms with Gasteiger partial charge >= 0.3 is 0 Å². The van der Waals surface area contributed by atoms with Crippen LogP contribution in [0.4, 0.5) is 11.6 Å². The van der Waals surface area contributed by atoms with E-state index in [1.807, 2.05) is 18.3 Å². The Bertz CT molecular complexity index is 918. The van der Waals surface area contributed by atoms with Crippen LogP contribution in [0.5, 0.6) is 0 Å². The van der Waals surface area contributed by atoms with E-state index in [9.17, 15) is 9.32 Å². The zero-order valence-electron chi connectivity index (χ0n) is 16.6. The smallest absolute Gasteiger partial charge is 0.163 e. The molecule has 4 heterocycles. The molecule has 0 amide bonds. The van der Waals surface area contributed by atoms with Crippen molar-refractivity contribution in [1.29, 1.82) is 0 Å². The third-order valence-corrected chi connectivity index (χ3v) is 7.83. The summed E-state index contributed by atoms with van der Waals surface area (Å²) in [6, 6.07) is 4.07. The van der Waals surface area contributed by atoms with E-state index in [2.05, 4.69) is 15.2 Å². The molecule has 0 unspecified atom stereocenters. The zero-order valence-corrected chi connectivity index (χ0v) is 17.4. The van der Waals surface area contributed by atoms with Crippen molar-refractivity contribution in [1.82, 2.24) is 15.0 Å². The topological polar surface area (TPSA) is 91.2 Å². The van der Waals surface area contributed by atoms with Crippen LogP contribution in [0.15, 0.2) is 23.2 Å². The van der Waals surface area contributed by atoms with Crippen molar-refractivity contribution in [3.05, 3.63) is 24.0 Å². The lowest BCUT2D eigenvalue weighted by atomic mass is 9.77. The monoisotopic (exact) mass is 413 g/mol. The summed E-state index contributed by atoms with van der Waals surface area (Å²) in [5.74, 6) is 2.81. The summed E-state index contributed by atoms with van der Waals surface area (Å²) in [4.78, 5) is 17.2. The van der Waals surface area contributed by atoms with Gasteiger partial charge in [-0.15, -0.1) is 0 Å². The normalized spacial score (nSPS) is 22.8. The molecule has 2 aromatic heterocycles. The van der Waals surface area contributed by atoms with E-state index in [4.69, 9.17) is 9.97 Å². The molecule has 1 aliphatic carbocycles. The molecule has 0 aromatic carbocycles. The standard InChI is InChI=1S/C21H27N5O2S/c27-14-21(8-4-9-21)25-20-18-16(7-12-29(18)28)23-19(24-20)15-5-6-17(22-13-15)26-10-2-1-3-11-26/h5-6,13,27H,1-4,7-12,14H2,(H,23,24,25)/t29-/m0/s1. The highest BCUT2D eigenvalue weighted by Gasteiger charge is 2.38. The van der Waals surface area contributed by atoms with Gasteiger partial charge in [-0.3, -0.25) is 4.21 Å². The molecular weight excluding hydrogens is 386 g/mol. The SMILES string of the molecule is O=[S@]1CCc2nc(-c3ccc(N4CCCCC4)nc3)nc(NC3(CO)CCC3)c21. The first-order chi connectivity index (χ1) is 14.2. The maximum absolute atomic E-state index is 12.5. The fraction of sp³-hybridized carbons (Fsp3) is 0.571. The third-order valence-electron chi connectivity index (χ3n) is 6.37. The Kier molecular flexibility index (Phi) is 4.99. The van der Waals surface area contributed by atoms with Gasteiger partial charge < -0.3 is 15.3 Å². The molecule has 2 N–H and O–H groups in total. The number of rotatable bonds is 5. The van der Waals surface area contributed by atoms with Crippen LogP contribution in [0.25, 0.3) is 11.4 Å². The minimum absolute atomic E-state index is 0.0554. The number of nitrogens with one attached hydrogen (secondary N) is 1. The number of aromatic nitrogens is 3. The Hall–Kier alpha value is -2.06. The second-order valence-electron chi connectivity index (χ2n) is 8.34. The second-order valence-corrected chi connectivity index (χ2v) is 9.85. The van der Waals surface area contributed by atoms with Crippen molar-refractivity contribution in [3.63, 3.8) is 0 Å². The van der Waals surface area contributed by atoms with Crippen LogP contribution in [-0.4, -0.2) is 55.3 Å². The largest absolute Gasteiger partial charge is 0.394 e. The van der Waals surface area contributed by atoms with E-state index in [1.165, 1.54) is 19.3 Å². The fourth-order valence-corrected chi connectivity index (χ4v) is 5.72. The lowest BCUT2D eigenvalue weighted by molar-refractivity contribution is 0.143. The quantitative estimate of drug-likeness (QED) is 0.778. The third kappa shape index (κ3) is 3.53. The number of piperidine rings is 1. The van der Waals surface area contributed by atoms with Crippen LogP contribution >= 0.6 is 0 Å². The van der Waals surface area contributed by atoms with E-state index in [-0.39, 0.29) is 12.1 Å². The number of fused-ring (bicyclic) bond motifs is 1. The molecular formula is C21H27N5O2S. The van der Waals surface area contributed by atoms with Gasteiger partial charge in [-0.1, -0.05) is 0 Å². The number of aliphatic hydroxyl groups is 1. The lowest BCUT2D eigenvalue weighted by Crippen LogP contribution is -2.48. The highest BCUT2D eigenvalue weighted by molar-refractivity contribution is 7.85. The summed E-state index contributed by atoms with van der Waals surface area (Å²) in [5.41, 5.74) is 1.37. The van der Waals surface area contributed by atoms with Crippen LogP contribution in [0, 0.1) is 0 Å². The summed E-state index contributed by atoms with van der Waals surface area (Å²) in [7, 11) is -1.09. The van der Waals surface area contributed by atoms with Crippen molar-refractivity contribution in [3.8, 4) is 11.4 Å². The number of hydrogen-bond acceptors (Lipinski definition) is 7. The summed E-state index contributed by atoms with van der Waals surface area (Å²) in [6.07, 6.45) is 9.14. The summed E-state index contributed by atoms with van der Waals surface area (Å²) in [5, 5.41) is 13.3. The van der Waals surface area contributed by atoms with Gasteiger partial charge in [0, 0.05) is 37.0 Å². The molecule has 8 heteroatoms.